The number of hydrogen-bond donors (Lipinski definition) is 1. The molecule has 0 aromatic carbocycles. The molecule has 2 fully saturated rings. The van der Waals surface area contributed by atoms with Gasteiger partial charge >= 0.3 is 5.97 Å². The van der Waals surface area contributed by atoms with Crippen LogP contribution in [-0.4, -0.2) is 35.0 Å². The Morgan fingerprint density at radius 3 is 2.62 bits per heavy atom. The highest BCUT2D eigenvalue weighted by Crippen LogP contribution is 2.64. The monoisotopic (exact) mass is 292 g/mol. The third-order valence-corrected chi connectivity index (χ3v) is 4.52. The van der Waals surface area contributed by atoms with Crippen molar-refractivity contribution in [2.75, 3.05) is 6.61 Å². The maximum absolute atomic E-state index is 10.7. The molecule has 4 heteroatoms. The fraction of sp³-hybridized carbons (Fsp3) is 0.706. The third-order valence-electron chi connectivity index (χ3n) is 4.52. The lowest BCUT2D eigenvalue weighted by Crippen LogP contribution is -2.46. The van der Waals surface area contributed by atoms with E-state index in [1.807, 2.05) is 13.8 Å². The molecule has 3 unspecified atom stereocenters. The van der Waals surface area contributed by atoms with Crippen molar-refractivity contribution in [3.8, 4) is 11.8 Å². The van der Waals surface area contributed by atoms with Crippen LogP contribution in [0.15, 0.2) is 11.6 Å². The fourth-order valence-corrected chi connectivity index (χ4v) is 3.45. The minimum absolute atomic E-state index is 0.192. The summed E-state index contributed by atoms with van der Waals surface area (Å²) in [6.45, 7) is 9.71. The lowest BCUT2D eigenvalue weighted by Gasteiger charge is -2.37. The quantitative estimate of drug-likeness (QED) is 0.481. The molecule has 1 saturated carbocycles. The number of aliphatic hydroxyl groups excluding tert-OH is 1. The van der Waals surface area contributed by atoms with Crippen LogP contribution in [0.1, 0.15) is 47.5 Å². The minimum atomic E-state index is -0.490. The first kappa shape index (κ1) is 16.1. The second-order valence-electron chi connectivity index (χ2n) is 6.90. The SMILES string of the molecule is CC(=O)OCC=C(C)C#CC12OC1(C)CC(O)CC2(C)C. The second-order valence-corrected chi connectivity index (χ2v) is 6.90. The minimum Gasteiger partial charge on any atom is -0.462 e. The summed E-state index contributed by atoms with van der Waals surface area (Å²) in [5.74, 6) is 6.09. The summed E-state index contributed by atoms with van der Waals surface area (Å²) in [7, 11) is 0. The summed E-state index contributed by atoms with van der Waals surface area (Å²) in [6.07, 6.45) is 2.77. The zero-order valence-corrected chi connectivity index (χ0v) is 13.4. The van der Waals surface area contributed by atoms with Crippen LogP contribution in [0.25, 0.3) is 0 Å². The number of ether oxygens (including phenoxy) is 2. The zero-order chi connectivity index (χ0) is 15.9. The summed E-state index contributed by atoms with van der Waals surface area (Å²) >= 11 is 0. The molecule has 0 radical (unpaired) electrons. The first-order valence-corrected chi connectivity index (χ1v) is 7.33. The number of esters is 1. The summed E-state index contributed by atoms with van der Waals surface area (Å²) in [4.78, 5) is 10.7. The smallest absolute Gasteiger partial charge is 0.302 e. The first-order chi connectivity index (χ1) is 9.62. The Labute approximate surface area is 126 Å². The molecule has 21 heavy (non-hydrogen) atoms. The predicted molar refractivity (Wildman–Crippen MR) is 79.4 cm³/mol. The van der Waals surface area contributed by atoms with E-state index in [4.69, 9.17) is 9.47 Å². The maximum atomic E-state index is 10.7. The van der Waals surface area contributed by atoms with Gasteiger partial charge in [0.05, 0.1) is 6.10 Å². The highest BCUT2D eigenvalue weighted by Gasteiger charge is 2.75. The Bertz CT molecular complexity index is 537. The molecule has 0 bridgehead atoms. The van der Waals surface area contributed by atoms with Crippen LogP contribution >= 0.6 is 0 Å². The molecule has 0 aromatic heterocycles. The molecule has 4 nitrogen and oxygen atoms in total. The Hall–Kier alpha value is -1.31. The standard InChI is InChI=1S/C17H24O4/c1-12(7-9-20-13(2)18)6-8-17-15(3,4)10-14(19)11-16(17,5)21-17/h7,14,19H,9-11H2,1-5H3. The van der Waals surface area contributed by atoms with Gasteiger partial charge in [-0.3, -0.25) is 4.79 Å². The van der Waals surface area contributed by atoms with Crippen LogP contribution in [0, 0.1) is 17.3 Å². The molecular weight excluding hydrogens is 268 g/mol. The number of rotatable bonds is 2. The van der Waals surface area contributed by atoms with E-state index in [2.05, 4.69) is 25.7 Å². The topological polar surface area (TPSA) is 59.1 Å². The van der Waals surface area contributed by atoms with Crippen molar-refractivity contribution in [2.45, 2.75) is 64.8 Å². The van der Waals surface area contributed by atoms with E-state index in [1.54, 1.807) is 6.08 Å². The highest BCUT2D eigenvalue weighted by molar-refractivity contribution is 5.66. The molecule has 3 atom stereocenters. The summed E-state index contributed by atoms with van der Waals surface area (Å²) < 4.78 is 10.9. The van der Waals surface area contributed by atoms with Gasteiger partial charge < -0.3 is 14.6 Å². The first-order valence-electron chi connectivity index (χ1n) is 7.33. The molecule has 2 aliphatic rings. The predicted octanol–water partition coefficient (Wildman–Crippen LogP) is 2.21. The van der Waals surface area contributed by atoms with Gasteiger partial charge in [0.2, 0.25) is 0 Å². The summed E-state index contributed by atoms with van der Waals surface area (Å²) in [5, 5.41) is 9.98. The van der Waals surface area contributed by atoms with Crippen molar-refractivity contribution in [3.63, 3.8) is 0 Å². The zero-order valence-electron chi connectivity index (χ0n) is 13.4. The van der Waals surface area contributed by atoms with E-state index >= 15 is 0 Å². The highest BCUT2D eigenvalue weighted by atomic mass is 16.6. The van der Waals surface area contributed by atoms with Crippen molar-refractivity contribution in [3.05, 3.63) is 11.6 Å². The number of epoxide rings is 1. The van der Waals surface area contributed by atoms with Crippen LogP contribution in [0.3, 0.4) is 0 Å². The molecule has 1 N–H and O–H groups in total. The molecule has 0 amide bonds. The van der Waals surface area contributed by atoms with E-state index in [0.717, 1.165) is 5.57 Å². The van der Waals surface area contributed by atoms with E-state index in [0.29, 0.717) is 12.8 Å². The molecule has 0 spiro atoms. The van der Waals surface area contributed by atoms with Crippen molar-refractivity contribution < 1.29 is 19.4 Å². The van der Waals surface area contributed by atoms with Crippen LogP contribution in [-0.2, 0) is 14.3 Å². The Kier molecular flexibility index (Phi) is 3.94. The van der Waals surface area contributed by atoms with Crippen molar-refractivity contribution in [2.24, 2.45) is 5.41 Å². The number of aliphatic hydroxyl groups is 1. The van der Waals surface area contributed by atoms with Gasteiger partial charge in [-0.15, -0.1) is 0 Å². The van der Waals surface area contributed by atoms with Crippen LogP contribution in [0.4, 0.5) is 0 Å². The lowest BCUT2D eigenvalue weighted by molar-refractivity contribution is -0.139. The van der Waals surface area contributed by atoms with E-state index < -0.39 is 5.60 Å². The molecule has 0 aromatic rings. The number of hydrogen-bond acceptors (Lipinski definition) is 4. The van der Waals surface area contributed by atoms with Gasteiger partial charge in [-0.1, -0.05) is 25.7 Å². The van der Waals surface area contributed by atoms with Crippen LogP contribution in [0.5, 0.6) is 0 Å². The average Bonchev–Trinajstić information content (AvgIpc) is 2.92. The van der Waals surface area contributed by atoms with E-state index in [9.17, 15) is 9.90 Å². The molecule has 116 valence electrons. The summed E-state index contributed by atoms with van der Waals surface area (Å²) in [5.41, 5.74) is -0.194. The lowest BCUT2D eigenvalue weighted by atomic mass is 9.63. The largest absolute Gasteiger partial charge is 0.462 e. The summed E-state index contributed by atoms with van der Waals surface area (Å²) in [6, 6.07) is 0. The maximum Gasteiger partial charge on any atom is 0.302 e. The number of carbonyl (C=O) groups is 1. The third kappa shape index (κ3) is 2.86. The number of allylic oxidation sites excluding steroid dienone is 1. The molecule has 1 saturated heterocycles. The second kappa shape index (κ2) is 5.15. The fourth-order valence-electron chi connectivity index (χ4n) is 3.45. The molecule has 2 rings (SSSR count). The molecule has 1 heterocycles. The van der Waals surface area contributed by atoms with Crippen LogP contribution < -0.4 is 0 Å². The van der Waals surface area contributed by atoms with Gasteiger partial charge in [0, 0.05) is 18.8 Å². The van der Waals surface area contributed by atoms with Crippen molar-refractivity contribution >= 4 is 5.97 Å². The Morgan fingerprint density at radius 1 is 1.38 bits per heavy atom. The van der Waals surface area contributed by atoms with E-state index in [-0.39, 0.29) is 29.7 Å². The van der Waals surface area contributed by atoms with Gasteiger partial charge in [-0.05, 0) is 31.9 Å². The molecule has 1 aliphatic carbocycles. The molecule has 1 aliphatic heterocycles. The van der Waals surface area contributed by atoms with Gasteiger partial charge in [0.1, 0.15) is 12.2 Å². The van der Waals surface area contributed by atoms with Crippen LogP contribution in [0.2, 0.25) is 0 Å². The van der Waals surface area contributed by atoms with E-state index in [1.165, 1.54) is 6.92 Å². The average molecular weight is 292 g/mol. The van der Waals surface area contributed by atoms with Gasteiger partial charge in [0.15, 0.2) is 5.60 Å². The van der Waals surface area contributed by atoms with Gasteiger partial charge in [-0.25, -0.2) is 0 Å². The Balaban J connectivity index is 2.13. The van der Waals surface area contributed by atoms with Gasteiger partial charge in [0.25, 0.3) is 0 Å². The normalized spacial score (nSPS) is 37.0. The van der Waals surface area contributed by atoms with Crippen molar-refractivity contribution in [1.29, 1.82) is 0 Å². The van der Waals surface area contributed by atoms with Crippen molar-refractivity contribution in [1.82, 2.24) is 0 Å². The molecular formula is C17H24O4. The Morgan fingerprint density at radius 2 is 2.05 bits per heavy atom. The number of fused-ring (bicyclic) bond motifs is 1. The number of carbonyl (C=O) groups excluding carboxylic acids is 1. The van der Waals surface area contributed by atoms with Gasteiger partial charge in [-0.2, -0.15) is 0 Å².